The van der Waals surface area contributed by atoms with Gasteiger partial charge in [-0.3, -0.25) is 9.59 Å². The van der Waals surface area contributed by atoms with E-state index in [-0.39, 0.29) is 17.9 Å². The molecule has 3 aliphatic rings. The van der Waals surface area contributed by atoms with Gasteiger partial charge in [0.05, 0.1) is 13.2 Å². The van der Waals surface area contributed by atoms with Gasteiger partial charge in [0.15, 0.2) is 0 Å². The molecule has 2 aliphatic carbocycles. The highest BCUT2D eigenvalue weighted by Crippen LogP contribution is 2.47. The van der Waals surface area contributed by atoms with Crippen LogP contribution in [0.2, 0.25) is 0 Å². The van der Waals surface area contributed by atoms with E-state index >= 15 is 0 Å². The molecule has 0 atom stereocenters. The number of morpholine rings is 1. The van der Waals surface area contributed by atoms with E-state index in [0.29, 0.717) is 39.1 Å². The van der Waals surface area contributed by atoms with Crippen LogP contribution in [-0.2, 0) is 14.3 Å². The van der Waals surface area contributed by atoms with Gasteiger partial charge in [0, 0.05) is 19.1 Å². The minimum atomic E-state index is -0.741. The molecule has 0 radical (unpaired) electrons. The third-order valence-electron chi connectivity index (χ3n) is 4.83. The molecule has 5 heteroatoms. The predicted molar refractivity (Wildman–Crippen MR) is 74.1 cm³/mol. The van der Waals surface area contributed by atoms with Crippen LogP contribution in [0.4, 0.5) is 0 Å². The standard InChI is InChI=1S/C15H24N2O3/c18-13(16-12-4-2-1-3-5-12)15(6-7-15)14(19)17-8-10-20-11-9-17/h12H,1-11H2,(H,16,18). The highest BCUT2D eigenvalue weighted by atomic mass is 16.5. The fraction of sp³-hybridized carbons (Fsp3) is 0.867. The fourth-order valence-electron chi connectivity index (χ4n) is 3.30. The molecule has 3 rings (SSSR count). The highest BCUT2D eigenvalue weighted by Gasteiger charge is 2.58. The van der Waals surface area contributed by atoms with E-state index in [2.05, 4.69) is 5.32 Å². The third-order valence-corrected chi connectivity index (χ3v) is 4.83. The van der Waals surface area contributed by atoms with Gasteiger partial charge in [-0.15, -0.1) is 0 Å². The van der Waals surface area contributed by atoms with Crippen LogP contribution < -0.4 is 5.32 Å². The molecule has 1 heterocycles. The number of carbonyl (C=O) groups is 2. The van der Waals surface area contributed by atoms with E-state index < -0.39 is 5.41 Å². The van der Waals surface area contributed by atoms with Crippen molar-refractivity contribution in [1.29, 1.82) is 0 Å². The Hall–Kier alpha value is -1.10. The summed E-state index contributed by atoms with van der Waals surface area (Å²) in [7, 11) is 0. The molecule has 2 saturated carbocycles. The molecule has 0 spiro atoms. The van der Waals surface area contributed by atoms with Gasteiger partial charge in [0.2, 0.25) is 11.8 Å². The molecule has 0 aromatic carbocycles. The number of rotatable bonds is 3. The molecule has 0 bridgehead atoms. The van der Waals surface area contributed by atoms with Crippen molar-refractivity contribution in [1.82, 2.24) is 10.2 Å². The summed E-state index contributed by atoms with van der Waals surface area (Å²) < 4.78 is 5.27. The summed E-state index contributed by atoms with van der Waals surface area (Å²) in [4.78, 5) is 26.9. The van der Waals surface area contributed by atoms with Crippen molar-refractivity contribution in [2.75, 3.05) is 26.3 Å². The van der Waals surface area contributed by atoms with E-state index in [1.165, 1.54) is 19.3 Å². The zero-order chi connectivity index (χ0) is 14.0. The summed E-state index contributed by atoms with van der Waals surface area (Å²) >= 11 is 0. The van der Waals surface area contributed by atoms with E-state index in [4.69, 9.17) is 4.74 Å². The lowest BCUT2D eigenvalue weighted by Gasteiger charge is -2.31. The fourth-order valence-corrected chi connectivity index (χ4v) is 3.30. The first-order chi connectivity index (χ1) is 9.72. The summed E-state index contributed by atoms with van der Waals surface area (Å²) in [6, 6.07) is 0.284. The molecule has 0 unspecified atom stereocenters. The molecular weight excluding hydrogens is 256 g/mol. The molecule has 0 aromatic rings. The maximum Gasteiger partial charge on any atom is 0.238 e. The van der Waals surface area contributed by atoms with Crippen LogP contribution >= 0.6 is 0 Å². The lowest BCUT2D eigenvalue weighted by atomic mass is 9.94. The Balaban J connectivity index is 1.59. The Morgan fingerprint density at radius 1 is 1.05 bits per heavy atom. The van der Waals surface area contributed by atoms with E-state index in [9.17, 15) is 9.59 Å². The third kappa shape index (κ3) is 2.68. The van der Waals surface area contributed by atoms with Crippen LogP contribution in [-0.4, -0.2) is 49.1 Å². The van der Waals surface area contributed by atoms with Gasteiger partial charge in [-0.05, 0) is 25.7 Å². The van der Waals surface area contributed by atoms with E-state index in [1.807, 2.05) is 0 Å². The minimum Gasteiger partial charge on any atom is -0.378 e. The zero-order valence-corrected chi connectivity index (χ0v) is 12.0. The van der Waals surface area contributed by atoms with E-state index in [0.717, 1.165) is 12.8 Å². The molecule has 5 nitrogen and oxygen atoms in total. The molecule has 2 amide bonds. The van der Waals surface area contributed by atoms with Crippen LogP contribution in [0.5, 0.6) is 0 Å². The van der Waals surface area contributed by atoms with Crippen molar-refractivity contribution in [2.45, 2.75) is 51.0 Å². The second-order valence-electron chi connectivity index (χ2n) is 6.30. The molecular formula is C15H24N2O3. The minimum absolute atomic E-state index is 0.0223. The quantitative estimate of drug-likeness (QED) is 0.787. The van der Waals surface area contributed by atoms with Crippen molar-refractivity contribution < 1.29 is 14.3 Å². The SMILES string of the molecule is O=C(NC1CCCCC1)C1(C(=O)N2CCOCC2)CC1. The van der Waals surface area contributed by atoms with Crippen LogP contribution in [0.25, 0.3) is 0 Å². The van der Waals surface area contributed by atoms with Gasteiger partial charge >= 0.3 is 0 Å². The van der Waals surface area contributed by atoms with Crippen molar-refractivity contribution in [3.63, 3.8) is 0 Å². The summed E-state index contributed by atoms with van der Waals surface area (Å²) in [5.74, 6) is -0.00463. The lowest BCUT2D eigenvalue weighted by Crippen LogP contribution is -2.51. The average molecular weight is 280 g/mol. The normalized spacial score (nSPS) is 26.1. The van der Waals surface area contributed by atoms with Crippen molar-refractivity contribution in [2.24, 2.45) is 5.41 Å². The first-order valence-corrected chi connectivity index (χ1v) is 7.90. The molecule has 1 N–H and O–H groups in total. The number of carbonyl (C=O) groups excluding carboxylic acids is 2. The van der Waals surface area contributed by atoms with Crippen molar-refractivity contribution >= 4 is 11.8 Å². The van der Waals surface area contributed by atoms with E-state index in [1.54, 1.807) is 4.90 Å². The Morgan fingerprint density at radius 3 is 2.30 bits per heavy atom. The molecule has 3 fully saturated rings. The first kappa shape index (κ1) is 13.9. The maximum absolute atomic E-state index is 12.6. The second-order valence-corrected chi connectivity index (χ2v) is 6.30. The van der Waals surface area contributed by atoms with Gasteiger partial charge in [-0.25, -0.2) is 0 Å². The number of amides is 2. The Kier molecular flexibility index (Phi) is 3.96. The number of hydrogen-bond acceptors (Lipinski definition) is 3. The number of ether oxygens (including phenoxy) is 1. The Bertz CT molecular complexity index is 381. The molecule has 0 aromatic heterocycles. The molecule has 1 saturated heterocycles. The molecule has 1 aliphatic heterocycles. The van der Waals surface area contributed by atoms with Crippen molar-refractivity contribution in [3.8, 4) is 0 Å². The largest absolute Gasteiger partial charge is 0.378 e. The Labute approximate surface area is 120 Å². The summed E-state index contributed by atoms with van der Waals surface area (Å²) in [5, 5.41) is 3.12. The first-order valence-electron chi connectivity index (χ1n) is 7.90. The van der Waals surface area contributed by atoms with Crippen LogP contribution in [0, 0.1) is 5.41 Å². The summed E-state index contributed by atoms with van der Waals surface area (Å²) in [5.41, 5.74) is -0.741. The highest BCUT2D eigenvalue weighted by molar-refractivity contribution is 6.08. The molecule has 20 heavy (non-hydrogen) atoms. The second kappa shape index (κ2) is 5.72. The average Bonchev–Trinajstić information content (AvgIpc) is 3.30. The van der Waals surface area contributed by atoms with Crippen LogP contribution in [0.3, 0.4) is 0 Å². The van der Waals surface area contributed by atoms with Crippen LogP contribution in [0.1, 0.15) is 44.9 Å². The van der Waals surface area contributed by atoms with Gasteiger partial charge in [-0.2, -0.15) is 0 Å². The number of nitrogens with one attached hydrogen (secondary N) is 1. The Morgan fingerprint density at radius 2 is 1.70 bits per heavy atom. The summed E-state index contributed by atoms with van der Waals surface area (Å²) in [6.45, 7) is 2.42. The van der Waals surface area contributed by atoms with Gasteiger partial charge in [0.1, 0.15) is 5.41 Å². The smallest absolute Gasteiger partial charge is 0.238 e. The van der Waals surface area contributed by atoms with Gasteiger partial charge < -0.3 is 15.0 Å². The summed E-state index contributed by atoms with van der Waals surface area (Å²) in [6.07, 6.45) is 7.19. The maximum atomic E-state index is 12.6. The van der Waals surface area contributed by atoms with Crippen molar-refractivity contribution in [3.05, 3.63) is 0 Å². The topological polar surface area (TPSA) is 58.6 Å². The number of nitrogens with zero attached hydrogens (tertiary/aromatic N) is 1. The monoisotopic (exact) mass is 280 g/mol. The molecule has 112 valence electrons. The predicted octanol–water partition coefficient (Wildman–Crippen LogP) is 1.07. The zero-order valence-electron chi connectivity index (χ0n) is 12.0. The number of hydrogen-bond donors (Lipinski definition) is 1. The van der Waals surface area contributed by atoms with Gasteiger partial charge in [-0.1, -0.05) is 19.3 Å². The van der Waals surface area contributed by atoms with Gasteiger partial charge in [0.25, 0.3) is 0 Å². The lowest BCUT2D eigenvalue weighted by molar-refractivity contribution is -0.147. The van der Waals surface area contributed by atoms with Crippen LogP contribution in [0.15, 0.2) is 0 Å².